The molecule has 2 aromatic heterocycles. The number of hydrogen-bond acceptors (Lipinski definition) is 7. The number of nitrogens with one attached hydrogen (secondary N) is 1. The van der Waals surface area contributed by atoms with E-state index in [0.29, 0.717) is 28.9 Å². The van der Waals surface area contributed by atoms with Crippen LogP contribution in [0.15, 0.2) is 10.6 Å². The van der Waals surface area contributed by atoms with E-state index in [2.05, 4.69) is 20.4 Å². The number of rotatable bonds is 2. The minimum absolute atomic E-state index is 0.314. The summed E-state index contributed by atoms with van der Waals surface area (Å²) in [7, 11) is 0. The highest BCUT2D eigenvalue weighted by Crippen LogP contribution is 2.47. The molecule has 2 aromatic rings. The van der Waals surface area contributed by atoms with Gasteiger partial charge in [0.15, 0.2) is 0 Å². The van der Waals surface area contributed by atoms with Crippen molar-refractivity contribution in [1.29, 1.82) is 0 Å². The number of nitrogens with zero attached hydrogens (tertiary/aromatic N) is 4. The molecule has 5 rings (SSSR count). The Bertz CT molecular complexity index is 922. The summed E-state index contributed by atoms with van der Waals surface area (Å²) < 4.78 is 5.78. The lowest BCUT2D eigenvalue weighted by atomic mass is 9.64. The number of carbonyl (C=O) groups excluding carboxylic acids is 1. The van der Waals surface area contributed by atoms with E-state index in [-0.39, 0.29) is 0 Å². The van der Waals surface area contributed by atoms with E-state index in [1.807, 2.05) is 6.07 Å². The number of fused-ring (bicyclic) bond motifs is 2. The summed E-state index contributed by atoms with van der Waals surface area (Å²) >= 11 is 6.37. The minimum Gasteiger partial charge on any atom is -0.355 e. The van der Waals surface area contributed by atoms with Crippen LogP contribution < -0.4 is 10.2 Å². The van der Waals surface area contributed by atoms with Crippen molar-refractivity contribution in [3.8, 4) is 11.6 Å². The summed E-state index contributed by atoms with van der Waals surface area (Å²) in [6.45, 7) is 3.72. The maximum Gasteiger partial charge on any atom is 0.207 e. The van der Waals surface area contributed by atoms with Gasteiger partial charge in [-0.3, -0.25) is 4.79 Å². The number of hydrogen-bond donors (Lipinski definition) is 1. The van der Waals surface area contributed by atoms with Crippen molar-refractivity contribution < 1.29 is 9.32 Å². The van der Waals surface area contributed by atoms with Gasteiger partial charge in [0.25, 0.3) is 0 Å². The highest BCUT2D eigenvalue weighted by Gasteiger charge is 2.47. The molecule has 154 valence electrons. The summed E-state index contributed by atoms with van der Waals surface area (Å²) in [4.78, 5) is 24.3. The van der Waals surface area contributed by atoms with Gasteiger partial charge in [0.1, 0.15) is 22.4 Å². The van der Waals surface area contributed by atoms with Crippen LogP contribution in [0.3, 0.4) is 0 Å². The van der Waals surface area contributed by atoms with Crippen LogP contribution in [0, 0.1) is 0 Å². The third-order valence-electron chi connectivity index (χ3n) is 6.61. The van der Waals surface area contributed by atoms with Crippen LogP contribution in [0.5, 0.6) is 0 Å². The first-order chi connectivity index (χ1) is 14.2. The fourth-order valence-electron chi connectivity index (χ4n) is 5.13. The van der Waals surface area contributed by atoms with Crippen LogP contribution in [-0.2, 0) is 16.6 Å². The monoisotopic (exact) mass is 415 g/mol. The van der Waals surface area contributed by atoms with Crippen molar-refractivity contribution in [2.24, 2.45) is 0 Å². The zero-order valence-corrected chi connectivity index (χ0v) is 17.3. The molecule has 1 spiro atoms. The molecule has 1 N–H and O–H groups in total. The molecule has 2 fully saturated rings. The molecule has 3 aliphatic rings. The number of halogens is 1. The molecule has 1 aliphatic heterocycles. The average molecular weight is 416 g/mol. The number of Topliss-reactive ketones (excluding diaryl/α,β-unsaturated/α-hetero) is 1. The number of ketones is 1. The van der Waals surface area contributed by atoms with Crippen LogP contribution >= 0.6 is 11.6 Å². The Morgan fingerprint density at radius 1 is 1.07 bits per heavy atom. The first-order valence-corrected chi connectivity index (χ1v) is 11.1. The summed E-state index contributed by atoms with van der Waals surface area (Å²) in [5.41, 5.74) is 1.36. The predicted octanol–water partition coefficient (Wildman–Crippen LogP) is 3.30. The maximum absolute atomic E-state index is 12.9. The van der Waals surface area contributed by atoms with Gasteiger partial charge in [-0.2, -0.15) is 0 Å². The lowest BCUT2D eigenvalue weighted by molar-refractivity contribution is -0.127. The summed E-state index contributed by atoms with van der Waals surface area (Å²) in [5, 5.41) is 8.20. The number of carbonyl (C=O) groups is 1. The molecule has 1 saturated heterocycles. The van der Waals surface area contributed by atoms with Crippen LogP contribution in [-0.4, -0.2) is 47.1 Å². The van der Waals surface area contributed by atoms with Crippen molar-refractivity contribution in [3.05, 3.63) is 22.5 Å². The van der Waals surface area contributed by atoms with Gasteiger partial charge in [-0.25, -0.2) is 9.97 Å². The summed E-state index contributed by atoms with van der Waals surface area (Å²) in [6, 6.07) is 1.81. The Labute approximate surface area is 175 Å². The standard InChI is InChI=1S/C21H26ClN5O2/c22-16-13-17(27-11-4-9-23-10-12-27)25-20(24-16)18-14-5-3-8-21(19(14)26-29-18)7-2-1-6-15(21)28/h13,23H,1-12H2/t21-/m1/s1. The second-order valence-electron chi connectivity index (χ2n) is 8.37. The Hall–Kier alpha value is -1.99. The summed E-state index contributed by atoms with van der Waals surface area (Å²) in [6.07, 6.45) is 7.27. The minimum atomic E-state index is -0.467. The van der Waals surface area contributed by atoms with Crippen molar-refractivity contribution in [2.75, 3.05) is 31.1 Å². The van der Waals surface area contributed by atoms with Crippen molar-refractivity contribution in [2.45, 2.75) is 56.8 Å². The Kier molecular flexibility index (Phi) is 5.04. The molecule has 0 radical (unpaired) electrons. The average Bonchev–Trinajstić information content (AvgIpc) is 2.98. The first kappa shape index (κ1) is 19.0. The van der Waals surface area contributed by atoms with Crippen molar-refractivity contribution in [3.63, 3.8) is 0 Å². The van der Waals surface area contributed by atoms with Gasteiger partial charge in [-0.15, -0.1) is 0 Å². The Morgan fingerprint density at radius 3 is 2.86 bits per heavy atom. The largest absolute Gasteiger partial charge is 0.355 e. The fraction of sp³-hybridized carbons (Fsp3) is 0.619. The molecule has 8 heteroatoms. The Balaban J connectivity index is 1.54. The van der Waals surface area contributed by atoms with Gasteiger partial charge in [-0.05, 0) is 45.1 Å². The van der Waals surface area contributed by atoms with E-state index in [9.17, 15) is 4.79 Å². The van der Waals surface area contributed by atoms with E-state index in [0.717, 1.165) is 88.2 Å². The molecule has 3 heterocycles. The summed E-state index contributed by atoms with van der Waals surface area (Å²) in [5.74, 6) is 2.18. The fourth-order valence-corrected chi connectivity index (χ4v) is 5.31. The second-order valence-corrected chi connectivity index (χ2v) is 8.76. The molecule has 29 heavy (non-hydrogen) atoms. The third-order valence-corrected chi connectivity index (χ3v) is 6.81. The molecule has 1 saturated carbocycles. The van der Waals surface area contributed by atoms with Crippen LogP contribution in [0.25, 0.3) is 11.6 Å². The molecule has 1 atom stereocenters. The molecule has 0 aromatic carbocycles. The van der Waals surface area contributed by atoms with Gasteiger partial charge < -0.3 is 14.7 Å². The zero-order chi connectivity index (χ0) is 19.8. The molecular weight excluding hydrogens is 390 g/mol. The quantitative estimate of drug-likeness (QED) is 0.753. The topological polar surface area (TPSA) is 84.2 Å². The van der Waals surface area contributed by atoms with E-state index in [1.165, 1.54) is 0 Å². The van der Waals surface area contributed by atoms with Crippen LogP contribution in [0.2, 0.25) is 5.15 Å². The van der Waals surface area contributed by atoms with Crippen molar-refractivity contribution in [1.82, 2.24) is 20.4 Å². The van der Waals surface area contributed by atoms with E-state index < -0.39 is 5.41 Å². The van der Waals surface area contributed by atoms with Gasteiger partial charge >= 0.3 is 0 Å². The molecule has 2 aliphatic carbocycles. The van der Waals surface area contributed by atoms with Crippen LogP contribution in [0.1, 0.15) is 56.2 Å². The zero-order valence-electron chi connectivity index (χ0n) is 16.5. The number of aromatic nitrogens is 3. The predicted molar refractivity (Wildman–Crippen MR) is 110 cm³/mol. The molecule has 7 nitrogen and oxygen atoms in total. The molecule has 0 amide bonds. The van der Waals surface area contributed by atoms with Gasteiger partial charge in [0.05, 0.1) is 5.41 Å². The van der Waals surface area contributed by atoms with E-state index >= 15 is 0 Å². The Morgan fingerprint density at radius 2 is 1.97 bits per heavy atom. The maximum atomic E-state index is 12.9. The van der Waals surface area contributed by atoms with Crippen LogP contribution in [0.4, 0.5) is 5.82 Å². The highest BCUT2D eigenvalue weighted by molar-refractivity contribution is 6.29. The third kappa shape index (κ3) is 3.34. The molecular formula is C21H26ClN5O2. The lowest BCUT2D eigenvalue weighted by Crippen LogP contribution is -2.41. The smallest absolute Gasteiger partial charge is 0.207 e. The molecule has 0 bridgehead atoms. The van der Waals surface area contributed by atoms with Crippen molar-refractivity contribution >= 4 is 23.2 Å². The van der Waals surface area contributed by atoms with Gasteiger partial charge in [0.2, 0.25) is 11.6 Å². The van der Waals surface area contributed by atoms with Gasteiger partial charge in [-0.1, -0.05) is 23.2 Å². The lowest BCUT2D eigenvalue weighted by Gasteiger charge is -2.37. The normalized spacial score (nSPS) is 25.1. The van der Waals surface area contributed by atoms with E-state index in [1.54, 1.807) is 0 Å². The van der Waals surface area contributed by atoms with E-state index in [4.69, 9.17) is 21.1 Å². The van der Waals surface area contributed by atoms with Gasteiger partial charge in [0, 0.05) is 37.7 Å². The number of anilines is 1. The first-order valence-electron chi connectivity index (χ1n) is 10.7. The highest BCUT2D eigenvalue weighted by atomic mass is 35.5. The second kappa shape index (κ2) is 7.69. The SMILES string of the molecule is O=C1CCCC[C@@]12CCCc1c2noc1-c1nc(Cl)cc(N2CCCNCC2)n1. The molecule has 0 unspecified atom stereocenters.